The molecule has 1 nitrogen and oxygen atoms in total. The molecular formula is C9H11OS+. The number of allylic oxidation sites excluding steroid dienone is 5. The van der Waals surface area contributed by atoms with Crippen LogP contribution in [-0.4, -0.2) is 22.6 Å². The fraction of sp³-hybridized carbons (Fsp3) is 0.222. The van der Waals surface area contributed by atoms with Crippen molar-refractivity contribution in [1.82, 2.24) is 0 Å². The first-order chi connectivity index (χ1) is 5.33. The van der Waals surface area contributed by atoms with Crippen molar-refractivity contribution in [1.29, 1.82) is 0 Å². The van der Waals surface area contributed by atoms with Crippen LogP contribution in [0.15, 0.2) is 36.0 Å². The van der Waals surface area contributed by atoms with E-state index in [9.17, 15) is 0 Å². The van der Waals surface area contributed by atoms with Crippen LogP contribution in [0.4, 0.5) is 0 Å². The fourth-order valence-corrected chi connectivity index (χ4v) is 1.15. The monoisotopic (exact) mass is 167 g/mol. The van der Waals surface area contributed by atoms with Crippen LogP contribution in [0, 0.1) is 0 Å². The molecule has 0 amide bonds. The van der Waals surface area contributed by atoms with Crippen LogP contribution < -0.4 is 0 Å². The lowest BCUT2D eigenvalue weighted by atomic mass is 10.1. The molecule has 58 valence electrons. The van der Waals surface area contributed by atoms with E-state index < -0.39 is 0 Å². The molecule has 0 spiro atoms. The summed E-state index contributed by atoms with van der Waals surface area (Å²) in [6, 6.07) is 0. The number of ketones is 1. The topological polar surface area (TPSA) is 21.4 Å². The minimum Gasteiger partial charge on any atom is -0.274 e. The lowest BCUT2D eigenvalue weighted by molar-refractivity contribution is 0.683. The SMILES string of the molecule is CSCC=C1C=CC(=[OH+])C=C1. The zero-order valence-corrected chi connectivity index (χ0v) is 7.27. The lowest BCUT2D eigenvalue weighted by Gasteiger charge is -1.95. The van der Waals surface area contributed by atoms with E-state index in [0.717, 1.165) is 11.3 Å². The van der Waals surface area contributed by atoms with Crippen LogP contribution in [0.1, 0.15) is 0 Å². The maximum Gasteiger partial charge on any atom is 0.340 e. The lowest BCUT2D eigenvalue weighted by Crippen LogP contribution is -1.92. The molecule has 1 aliphatic rings. The average molecular weight is 167 g/mol. The van der Waals surface area contributed by atoms with Crippen molar-refractivity contribution in [3.63, 3.8) is 0 Å². The van der Waals surface area contributed by atoms with Gasteiger partial charge in [-0.3, -0.25) is 4.79 Å². The van der Waals surface area contributed by atoms with Crippen molar-refractivity contribution in [2.45, 2.75) is 0 Å². The highest BCUT2D eigenvalue weighted by Gasteiger charge is 2.01. The molecular weight excluding hydrogens is 156 g/mol. The maximum atomic E-state index is 8.96. The van der Waals surface area contributed by atoms with Gasteiger partial charge in [0, 0.05) is 17.9 Å². The van der Waals surface area contributed by atoms with Gasteiger partial charge in [0.05, 0.1) is 0 Å². The van der Waals surface area contributed by atoms with Gasteiger partial charge in [-0.15, -0.1) is 0 Å². The van der Waals surface area contributed by atoms with Crippen molar-refractivity contribution in [3.05, 3.63) is 36.0 Å². The van der Waals surface area contributed by atoms with Gasteiger partial charge in [-0.05, 0) is 24.0 Å². The molecule has 0 heterocycles. The Morgan fingerprint density at radius 1 is 1.36 bits per heavy atom. The third kappa shape index (κ3) is 2.76. The van der Waals surface area contributed by atoms with E-state index in [-0.39, 0.29) is 0 Å². The van der Waals surface area contributed by atoms with Crippen LogP contribution >= 0.6 is 11.8 Å². The van der Waals surface area contributed by atoms with E-state index in [0.29, 0.717) is 5.78 Å². The van der Waals surface area contributed by atoms with E-state index >= 15 is 0 Å². The standard InChI is InChI=1S/C9H10OS/c1-11-7-6-8-2-4-9(10)5-3-8/h2-6H,7H2,1H3/p+1. The van der Waals surface area contributed by atoms with Gasteiger partial charge >= 0.3 is 5.78 Å². The Morgan fingerprint density at radius 2 is 2.00 bits per heavy atom. The molecule has 0 bridgehead atoms. The van der Waals surface area contributed by atoms with Gasteiger partial charge in [-0.25, -0.2) is 0 Å². The highest BCUT2D eigenvalue weighted by molar-refractivity contribution is 7.98. The maximum absolute atomic E-state index is 8.96. The fourth-order valence-electron chi connectivity index (χ4n) is 0.790. The molecule has 1 rings (SSSR count). The summed E-state index contributed by atoms with van der Waals surface area (Å²) in [4.78, 5) is 8.96. The van der Waals surface area contributed by atoms with Crippen molar-refractivity contribution in [2.75, 3.05) is 12.0 Å². The van der Waals surface area contributed by atoms with Crippen LogP contribution in [0.2, 0.25) is 0 Å². The average Bonchev–Trinajstić information content (AvgIpc) is 2.04. The summed E-state index contributed by atoms with van der Waals surface area (Å²) in [5, 5.41) is 0. The van der Waals surface area contributed by atoms with E-state index in [2.05, 4.69) is 12.3 Å². The summed E-state index contributed by atoms with van der Waals surface area (Å²) >= 11 is 1.78. The smallest absolute Gasteiger partial charge is 0.274 e. The third-order valence-corrected chi connectivity index (χ3v) is 1.88. The molecule has 0 aromatic heterocycles. The Bertz CT molecular complexity index is 218. The van der Waals surface area contributed by atoms with Crippen molar-refractivity contribution in [2.24, 2.45) is 0 Å². The van der Waals surface area contributed by atoms with E-state index in [1.54, 1.807) is 23.9 Å². The second-order valence-corrected chi connectivity index (χ2v) is 3.16. The molecule has 0 saturated carbocycles. The number of hydrogen-bond donors (Lipinski definition) is 0. The Labute approximate surface area is 70.9 Å². The predicted molar refractivity (Wildman–Crippen MR) is 51.7 cm³/mol. The molecule has 2 heteroatoms. The number of hydrogen-bond acceptors (Lipinski definition) is 1. The first-order valence-corrected chi connectivity index (χ1v) is 4.83. The first kappa shape index (κ1) is 8.34. The summed E-state index contributed by atoms with van der Waals surface area (Å²) in [6.07, 6.45) is 11.4. The van der Waals surface area contributed by atoms with Gasteiger partial charge in [-0.1, -0.05) is 6.08 Å². The molecule has 0 aliphatic heterocycles. The third-order valence-electron chi connectivity index (χ3n) is 1.38. The second kappa shape index (κ2) is 4.19. The van der Waals surface area contributed by atoms with E-state index in [4.69, 9.17) is 4.79 Å². The Kier molecular flexibility index (Phi) is 3.17. The van der Waals surface area contributed by atoms with Crippen LogP contribution in [-0.2, 0) is 0 Å². The molecule has 0 radical (unpaired) electrons. The molecule has 0 atom stereocenters. The van der Waals surface area contributed by atoms with Crippen LogP contribution in [0.25, 0.3) is 0 Å². The number of carbonyl (C=O) groups excluding carboxylic acids is 1. The van der Waals surface area contributed by atoms with Crippen molar-refractivity contribution in [3.8, 4) is 0 Å². The highest BCUT2D eigenvalue weighted by atomic mass is 32.2. The minimum absolute atomic E-state index is 0.325. The predicted octanol–water partition coefficient (Wildman–Crippen LogP) is 1.95. The molecule has 11 heavy (non-hydrogen) atoms. The Balaban J connectivity index is 2.57. The largest absolute Gasteiger partial charge is 0.340 e. The Hall–Kier alpha value is -0.760. The normalized spacial score (nSPS) is 15.7. The van der Waals surface area contributed by atoms with Gasteiger partial charge in [0.2, 0.25) is 0 Å². The molecule has 0 aromatic rings. The Morgan fingerprint density at radius 3 is 2.55 bits per heavy atom. The summed E-state index contributed by atoms with van der Waals surface area (Å²) < 4.78 is 0. The summed E-state index contributed by atoms with van der Waals surface area (Å²) in [5.74, 6) is 1.34. The molecule has 1 N–H and O–H groups in total. The van der Waals surface area contributed by atoms with Crippen molar-refractivity contribution >= 4 is 17.5 Å². The molecule has 1 aliphatic carbocycles. The minimum atomic E-state index is 0.325. The molecule has 0 unspecified atom stereocenters. The molecule has 0 aromatic carbocycles. The number of rotatable bonds is 2. The molecule has 0 fully saturated rings. The summed E-state index contributed by atoms with van der Waals surface area (Å²) in [7, 11) is 0. The number of thioether (sulfide) groups is 1. The van der Waals surface area contributed by atoms with E-state index in [1.165, 1.54) is 0 Å². The first-order valence-electron chi connectivity index (χ1n) is 3.44. The van der Waals surface area contributed by atoms with Crippen LogP contribution in [0.5, 0.6) is 0 Å². The van der Waals surface area contributed by atoms with Crippen molar-refractivity contribution < 1.29 is 4.79 Å². The van der Waals surface area contributed by atoms with Gasteiger partial charge in [0.25, 0.3) is 0 Å². The quantitative estimate of drug-likeness (QED) is 0.576. The summed E-state index contributed by atoms with van der Waals surface area (Å²) in [5.41, 5.74) is 1.16. The zero-order chi connectivity index (χ0) is 8.10. The molecule has 0 saturated heterocycles. The van der Waals surface area contributed by atoms with E-state index in [1.807, 2.05) is 12.2 Å². The van der Waals surface area contributed by atoms with Crippen LogP contribution in [0.3, 0.4) is 0 Å². The van der Waals surface area contributed by atoms with Gasteiger partial charge in [0.1, 0.15) is 0 Å². The van der Waals surface area contributed by atoms with Gasteiger partial charge in [-0.2, -0.15) is 11.8 Å². The van der Waals surface area contributed by atoms with Gasteiger partial charge < -0.3 is 0 Å². The second-order valence-electron chi connectivity index (χ2n) is 2.25. The summed E-state index contributed by atoms with van der Waals surface area (Å²) in [6.45, 7) is 0. The highest BCUT2D eigenvalue weighted by Crippen LogP contribution is 2.07. The van der Waals surface area contributed by atoms with Gasteiger partial charge in [0.15, 0.2) is 0 Å². The zero-order valence-electron chi connectivity index (χ0n) is 6.45.